The van der Waals surface area contributed by atoms with Crippen molar-refractivity contribution in [2.24, 2.45) is 0 Å². The smallest absolute Gasteiger partial charge is 0.371 e. The normalized spacial score (nSPS) is 9.76. The first-order valence-electron chi connectivity index (χ1n) is 4.75. The third-order valence-electron chi connectivity index (χ3n) is 2.03. The molecule has 0 saturated carbocycles. The number of nitrogens with zero attached hydrogens (tertiary/aromatic N) is 1. The lowest BCUT2D eigenvalue weighted by molar-refractivity contribution is -0.121. The third kappa shape index (κ3) is 3.07. The number of furan rings is 1. The molecule has 1 rings (SSSR count). The van der Waals surface area contributed by atoms with Crippen molar-refractivity contribution in [3.05, 3.63) is 23.7 Å². The Labute approximate surface area is 97.0 Å². The van der Waals surface area contributed by atoms with Crippen LogP contribution in [-0.4, -0.2) is 48.4 Å². The van der Waals surface area contributed by atoms with Gasteiger partial charge >= 0.3 is 5.97 Å². The predicted octanol–water partition coefficient (Wildman–Crippen LogP) is -0.204. The Bertz CT molecular complexity index is 451. The Hall–Kier alpha value is -2.31. The number of carbonyl (C=O) groups is 3. The molecule has 0 fully saturated rings. The molecule has 0 aromatic carbocycles. The molecule has 0 spiro atoms. The van der Waals surface area contributed by atoms with Gasteiger partial charge in [-0.15, -0.1) is 0 Å². The second-order valence-corrected chi connectivity index (χ2v) is 3.30. The summed E-state index contributed by atoms with van der Waals surface area (Å²) in [6.45, 7) is -0.127. The van der Waals surface area contributed by atoms with Crippen molar-refractivity contribution < 1.29 is 23.9 Å². The average molecular weight is 240 g/mol. The van der Waals surface area contributed by atoms with Gasteiger partial charge in [0.1, 0.15) is 0 Å². The SMILES string of the molecule is CNC(=O)CN(C)C(=O)c1ccc(C(=O)O)o1. The number of carbonyl (C=O) groups excluding carboxylic acids is 2. The van der Waals surface area contributed by atoms with E-state index in [4.69, 9.17) is 9.52 Å². The quantitative estimate of drug-likeness (QED) is 0.758. The van der Waals surface area contributed by atoms with Crippen LogP contribution < -0.4 is 5.32 Å². The zero-order chi connectivity index (χ0) is 13.0. The number of carboxylic acids is 1. The van der Waals surface area contributed by atoms with Gasteiger partial charge in [0.2, 0.25) is 11.7 Å². The predicted molar refractivity (Wildman–Crippen MR) is 56.7 cm³/mol. The molecule has 7 nitrogen and oxygen atoms in total. The second kappa shape index (κ2) is 5.15. The van der Waals surface area contributed by atoms with E-state index < -0.39 is 11.9 Å². The molecule has 2 N–H and O–H groups in total. The summed E-state index contributed by atoms with van der Waals surface area (Å²) in [5.41, 5.74) is 0. The van der Waals surface area contributed by atoms with Crippen LogP contribution in [0, 0.1) is 0 Å². The van der Waals surface area contributed by atoms with Crippen molar-refractivity contribution in [3.63, 3.8) is 0 Å². The maximum atomic E-state index is 11.7. The maximum absolute atomic E-state index is 11.7. The molecule has 17 heavy (non-hydrogen) atoms. The number of carboxylic acid groups (broad SMARTS) is 1. The van der Waals surface area contributed by atoms with Gasteiger partial charge < -0.3 is 19.7 Å². The molecule has 0 bridgehead atoms. The Morgan fingerprint density at radius 1 is 1.35 bits per heavy atom. The van der Waals surface area contributed by atoms with E-state index in [2.05, 4.69) is 5.32 Å². The van der Waals surface area contributed by atoms with Crippen molar-refractivity contribution in [2.45, 2.75) is 0 Å². The summed E-state index contributed by atoms with van der Waals surface area (Å²) in [6.07, 6.45) is 0. The van der Waals surface area contributed by atoms with Crippen LogP contribution in [0.5, 0.6) is 0 Å². The lowest BCUT2D eigenvalue weighted by atomic mass is 10.3. The van der Waals surface area contributed by atoms with E-state index in [0.29, 0.717) is 0 Å². The van der Waals surface area contributed by atoms with Crippen molar-refractivity contribution in [2.75, 3.05) is 20.6 Å². The van der Waals surface area contributed by atoms with Gasteiger partial charge in [-0.1, -0.05) is 0 Å². The molecular formula is C10H12N2O5. The molecule has 2 amide bonds. The number of nitrogens with one attached hydrogen (secondary N) is 1. The summed E-state index contributed by atoms with van der Waals surface area (Å²) in [5.74, 6) is -2.57. The molecule has 0 aliphatic carbocycles. The summed E-state index contributed by atoms with van der Waals surface area (Å²) in [6, 6.07) is 2.44. The van der Waals surface area contributed by atoms with Gasteiger partial charge in [0, 0.05) is 14.1 Å². The number of rotatable bonds is 4. The minimum Gasteiger partial charge on any atom is -0.475 e. The van der Waals surface area contributed by atoms with Crippen LogP contribution in [0.25, 0.3) is 0 Å². The summed E-state index contributed by atoms with van der Waals surface area (Å²) in [7, 11) is 2.87. The largest absolute Gasteiger partial charge is 0.475 e. The lowest BCUT2D eigenvalue weighted by Gasteiger charge is -2.13. The van der Waals surface area contributed by atoms with Crippen LogP contribution >= 0.6 is 0 Å². The Balaban J connectivity index is 2.74. The standard InChI is InChI=1S/C10H12N2O5/c1-11-8(13)5-12(2)9(14)6-3-4-7(17-6)10(15)16/h3-4H,5H2,1-2H3,(H,11,13)(H,15,16). The second-order valence-electron chi connectivity index (χ2n) is 3.30. The van der Waals surface area contributed by atoms with Crippen molar-refractivity contribution >= 4 is 17.8 Å². The summed E-state index contributed by atoms with van der Waals surface area (Å²) >= 11 is 0. The number of amides is 2. The highest BCUT2D eigenvalue weighted by molar-refractivity contribution is 5.95. The van der Waals surface area contributed by atoms with Gasteiger partial charge in [-0.25, -0.2) is 4.79 Å². The van der Waals surface area contributed by atoms with Crippen LogP contribution in [0.1, 0.15) is 21.1 Å². The minimum absolute atomic E-state index is 0.117. The highest BCUT2D eigenvalue weighted by Crippen LogP contribution is 2.09. The number of hydrogen-bond acceptors (Lipinski definition) is 4. The molecule has 1 aromatic rings. The van der Waals surface area contributed by atoms with E-state index >= 15 is 0 Å². The number of aromatic carboxylic acids is 1. The van der Waals surface area contributed by atoms with Crippen LogP contribution in [0.3, 0.4) is 0 Å². The molecule has 0 atom stereocenters. The fourth-order valence-corrected chi connectivity index (χ4v) is 1.12. The summed E-state index contributed by atoms with van der Waals surface area (Å²) in [4.78, 5) is 34.4. The van der Waals surface area contributed by atoms with Gasteiger partial charge in [0.05, 0.1) is 6.54 Å². The van der Waals surface area contributed by atoms with Crippen LogP contribution in [0.2, 0.25) is 0 Å². The molecule has 1 aromatic heterocycles. The van der Waals surface area contributed by atoms with Crippen LogP contribution in [0.4, 0.5) is 0 Å². The molecule has 0 unspecified atom stereocenters. The van der Waals surface area contributed by atoms with Crippen molar-refractivity contribution in [1.82, 2.24) is 10.2 Å². The van der Waals surface area contributed by atoms with Gasteiger partial charge in [-0.3, -0.25) is 9.59 Å². The van der Waals surface area contributed by atoms with Gasteiger partial charge in [-0.2, -0.15) is 0 Å². The van der Waals surface area contributed by atoms with Gasteiger partial charge in [0.15, 0.2) is 5.76 Å². The van der Waals surface area contributed by atoms with E-state index in [1.807, 2.05) is 0 Å². The molecule has 0 saturated heterocycles. The Morgan fingerprint density at radius 2 is 1.94 bits per heavy atom. The fraction of sp³-hybridized carbons (Fsp3) is 0.300. The molecule has 1 heterocycles. The van der Waals surface area contributed by atoms with Gasteiger partial charge in [-0.05, 0) is 12.1 Å². The monoisotopic (exact) mass is 240 g/mol. The molecule has 0 radical (unpaired) electrons. The first-order valence-corrected chi connectivity index (χ1v) is 4.75. The van der Waals surface area contributed by atoms with E-state index in [-0.39, 0.29) is 24.0 Å². The molecule has 92 valence electrons. The maximum Gasteiger partial charge on any atom is 0.371 e. The Morgan fingerprint density at radius 3 is 2.41 bits per heavy atom. The number of likely N-dealkylation sites (N-methyl/N-ethyl adjacent to an activating group) is 2. The van der Waals surface area contributed by atoms with Crippen LogP contribution in [0.15, 0.2) is 16.5 Å². The molecule has 7 heteroatoms. The zero-order valence-corrected chi connectivity index (χ0v) is 9.39. The number of hydrogen-bond donors (Lipinski definition) is 2. The Kier molecular flexibility index (Phi) is 3.86. The highest BCUT2D eigenvalue weighted by atomic mass is 16.4. The molecular weight excluding hydrogens is 228 g/mol. The molecule has 0 aliphatic heterocycles. The van der Waals surface area contributed by atoms with E-state index in [1.165, 1.54) is 26.2 Å². The highest BCUT2D eigenvalue weighted by Gasteiger charge is 2.19. The van der Waals surface area contributed by atoms with E-state index in [0.717, 1.165) is 4.90 Å². The minimum atomic E-state index is -1.25. The topological polar surface area (TPSA) is 99.9 Å². The fourth-order valence-electron chi connectivity index (χ4n) is 1.12. The summed E-state index contributed by atoms with van der Waals surface area (Å²) < 4.78 is 4.82. The van der Waals surface area contributed by atoms with Crippen molar-refractivity contribution in [3.8, 4) is 0 Å². The first-order chi connectivity index (χ1) is 7.95. The summed E-state index contributed by atoms with van der Waals surface area (Å²) in [5, 5.41) is 11.0. The van der Waals surface area contributed by atoms with Crippen molar-refractivity contribution in [1.29, 1.82) is 0 Å². The first kappa shape index (κ1) is 12.8. The van der Waals surface area contributed by atoms with Gasteiger partial charge in [0.25, 0.3) is 5.91 Å². The van der Waals surface area contributed by atoms with Crippen LogP contribution in [-0.2, 0) is 4.79 Å². The molecule has 0 aliphatic rings. The third-order valence-corrected chi connectivity index (χ3v) is 2.03. The van der Waals surface area contributed by atoms with E-state index in [1.54, 1.807) is 0 Å². The lowest BCUT2D eigenvalue weighted by Crippen LogP contribution is -2.36. The average Bonchev–Trinajstić information content (AvgIpc) is 2.77. The zero-order valence-electron chi connectivity index (χ0n) is 9.39. The van der Waals surface area contributed by atoms with E-state index in [9.17, 15) is 14.4 Å².